The summed E-state index contributed by atoms with van der Waals surface area (Å²) in [5.41, 5.74) is 10.1. The second-order valence-electron chi connectivity index (χ2n) is 11.8. The summed E-state index contributed by atoms with van der Waals surface area (Å²) < 4.78 is 0. The molecule has 8 rings (SSSR count). The van der Waals surface area contributed by atoms with E-state index in [0.717, 1.165) is 23.9 Å². The van der Waals surface area contributed by atoms with Crippen LogP contribution in [-0.2, 0) is 36.2 Å². The molecule has 0 N–H and O–H groups in total. The van der Waals surface area contributed by atoms with Gasteiger partial charge in [-0.15, -0.1) is 69.1 Å². The van der Waals surface area contributed by atoms with E-state index in [1.807, 2.05) is 24.5 Å². The van der Waals surface area contributed by atoms with E-state index < -0.39 is 0 Å². The Balaban J connectivity index is 0.000000188. The minimum absolute atomic E-state index is 0. The summed E-state index contributed by atoms with van der Waals surface area (Å²) >= 11 is 1.74. The maximum Gasteiger partial charge on any atom is -1.00 e. The third-order valence-electron chi connectivity index (χ3n) is 8.28. The van der Waals surface area contributed by atoms with Gasteiger partial charge in [-0.25, -0.2) is 0 Å². The van der Waals surface area contributed by atoms with Crippen molar-refractivity contribution < 1.29 is 48.1 Å². The molecule has 2 heterocycles. The molecule has 0 atom stereocenters. The number of halogens is 2. The molecule has 0 aliphatic heterocycles. The van der Waals surface area contributed by atoms with Crippen LogP contribution in [0.15, 0.2) is 134 Å². The van der Waals surface area contributed by atoms with E-state index in [2.05, 4.69) is 146 Å². The van der Waals surface area contributed by atoms with E-state index in [1.165, 1.54) is 65.7 Å². The number of pyridine rings is 2. The number of aryl methyl sites for hydroxylation is 2. The average Bonchev–Trinajstić information content (AvgIpc) is 3.72. The minimum Gasteiger partial charge on any atom is -1.00 e. The SMILES string of the molecule is CCc1cc2c(-c3cccc4cccnc34)cccc2[cH-]1.CCc1cc2c(-c3cccc4cccnc34)cccc2[cH-]1.C[Si](C)=[Zr+2].[Cl-].[Cl-]. The van der Waals surface area contributed by atoms with E-state index in [-0.39, 0.29) is 30.2 Å². The van der Waals surface area contributed by atoms with Gasteiger partial charge in [0, 0.05) is 23.2 Å². The first-order valence-electron chi connectivity index (χ1n) is 16.0. The van der Waals surface area contributed by atoms with Gasteiger partial charge in [0.15, 0.2) is 0 Å². The maximum atomic E-state index is 4.59. The van der Waals surface area contributed by atoms with Crippen molar-refractivity contribution in [3.8, 4) is 22.3 Å². The van der Waals surface area contributed by atoms with Crippen molar-refractivity contribution in [3.05, 3.63) is 145 Å². The molecule has 0 aliphatic rings. The van der Waals surface area contributed by atoms with E-state index in [9.17, 15) is 0 Å². The van der Waals surface area contributed by atoms with Crippen LogP contribution in [-0.4, -0.2) is 15.4 Å². The van der Waals surface area contributed by atoms with Gasteiger partial charge in [0.05, 0.1) is 11.0 Å². The Hall–Kier alpha value is -3.40. The van der Waals surface area contributed by atoms with Gasteiger partial charge < -0.3 is 24.8 Å². The van der Waals surface area contributed by atoms with E-state index >= 15 is 0 Å². The van der Waals surface area contributed by atoms with Gasteiger partial charge in [-0.1, -0.05) is 85.6 Å². The van der Waals surface area contributed by atoms with Gasteiger partial charge in [0.25, 0.3) is 0 Å². The number of para-hydroxylation sites is 2. The van der Waals surface area contributed by atoms with E-state index in [1.54, 1.807) is 23.3 Å². The van der Waals surface area contributed by atoms with Gasteiger partial charge in [-0.3, -0.25) is 9.97 Å². The van der Waals surface area contributed by atoms with Crippen LogP contribution in [0.1, 0.15) is 25.0 Å². The largest absolute Gasteiger partial charge is 1.00 e. The van der Waals surface area contributed by atoms with Crippen molar-refractivity contribution in [2.75, 3.05) is 0 Å². The topological polar surface area (TPSA) is 25.8 Å². The molecule has 48 heavy (non-hydrogen) atoms. The molecule has 2 aromatic heterocycles. The maximum absolute atomic E-state index is 4.59. The summed E-state index contributed by atoms with van der Waals surface area (Å²) in [6.45, 7) is 9.02. The number of hydrogen-bond donors (Lipinski definition) is 0. The molecular weight excluding hydrogens is 723 g/mol. The van der Waals surface area contributed by atoms with E-state index in [0.29, 0.717) is 0 Å². The fourth-order valence-electron chi connectivity index (χ4n) is 6.11. The quantitative estimate of drug-likeness (QED) is 0.176. The molecule has 240 valence electrons. The zero-order chi connectivity index (χ0) is 32.0. The number of benzene rings is 4. The molecule has 2 nitrogen and oxygen atoms in total. The molecule has 0 aliphatic carbocycles. The molecule has 6 aromatic carbocycles. The van der Waals surface area contributed by atoms with Crippen LogP contribution in [0.25, 0.3) is 65.6 Å². The van der Waals surface area contributed by atoms with Crippen molar-refractivity contribution in [2.45, 2.75) is 39.8 Å². The zero-order valence-electron chi connectivity index (χ0n) is 27.8. The Labute approximate surface area is 311 Å². The van der Waals surface area contributed by atoms with Crippen molar-refractivity contribution in [2.24, 2.45) is 0 Å². The molecule has 0 unspecified atom stereocenters. The Bertz CT molecular complexity index is 2130. The summed E-state index contributed by atoms with van der Waals surface area (Å²) in [5, 5.41) is 7.66. The Kier molecular flexibility index (Phi) is 13.5. The van der Waals surface area contributed by atoms with Crippen molar-refractivity contribution in [1.82, 2.24) is 9.97 Å². The standard InChI is InChI=1S/2C20H16N.C2H6Si.2ClH.Zr/c2*1-2-14-12-16-7-4-9-17(19(16)13-14)18-10-3-6-15-8-5-11-21-20(15)18;1-3-2;;;/h2*3-13H,2H2,1H3;1-2H3;2*1H;/q2*-1;;;;+2/p-2. The second kappa shape index (κ2) is 17.3. The van der Waals surface area contributed by atoms with Crippen LogP contribution in [0, 0.1) is 0 Å². The zero-order valence-corrected chi connectivity index (χ0v) is 32.7. The monoisotopic (exact) mass is 758 g/mol. The molecule has 0 fully saturated rings. The first-order chi connectivity index (χ1) is 22.5. The van der Waals surface area contributed by atoms with Gasteiger partial charge in [-0.05, 0) is 36.1 Å². The van der Waals surface area contributed by atoms with Gasteiger partial charge in [0.1, 0.15) is 0 Å². The molecule has 0 radical (unpaired) electrons. The summed E-state index contributed by atoms with van der Waals surface area (Å²) in [6, 6.07) is 43.3. The predicted molar refractivity (Wildman–Crippen MR) is 197 cm³/mol. The van der Waals surface area contributed by atoms with Crippen LogP contribution in [0.2, 0.25) is 13.1 Å². The van der Waals surface area contributed by atoms with Gasteiger partial charge in [-0.2, -0.15) is 12.1 Å². The smallest absolute Gasteiger partial charge is 1.00 e. The first-order valence-corrected chi connectivity index (χ1v) is 22.2. The molecule has 8 aromatic rings. The molecule has 0 bridgehead atoms. The van der Waals surface area contributed by atoms with Crippen LogP contribution in [0.5, 0.6) is 0 Å². The average molecular weight is 761 g/mol. The summed E-state index contributed by atoms with van der Waals surface area (Å²) in [7, 11) is 0. The minimum atomic E-state index is 0. The van der Waals surface area contributed by atoms with Crippen molar-refractivity contribution >= 4 is 48.8 Å². The number of nitrogens with zero attached hydrogens (tertiary/aromatic N) is 2. The molecule has 6 heteroatoms. The third-order valence-corrected chi connectivity index (χ3v) is 8.28. The van der Waals surface area contributed by atoms with Crippen LogP contribution >= 0.6 is 0 Å². The molecule has 0 amide bonds. The fourth-order valence-corrected chi connectivity index (χ4v) is 6.11. The molecule has 0 spiro atoms. The van der Waals surface area contributed by atoms with Crippen LogP contribution < -0.4 is 24.8 Å². The Morgan fingerprint density at radius 2 is 0.896 bits per heavy atom. The number of rotatable bonds is 4. The third kappa shape index (κ3) is 8.24. The molecule has 0 saturated heterocycles. The molecule has 0 saturated carbocycles. The normalized spacial score (nSPS) is 10.5. The Morgan fingerprint density at radius 3 is 1.29 bits per heavy atom. The predicted octanol–water partition coefficient (Wildman–Crippen LogP) is 5.46. The first kappa shape index (κ1) is 37.4. The number of aromatic nitrogens is 2. The van der Waals surface area contributed by atoms with Crippen LogP contribution in [0.3, 0.4) is 0 Å². The molecular formula is C42H38Cl2N2SiZr-2. The number of fused-ring (bicyclic) bond motifs is 4. The summed E-state index contributed by atoms with van der Waals surface area (Å²) in [6.07, 6.45) is 5.88. The van der Waals surface area contributed by atoms with Crippen LogP contribution in [0.4, 0.5) is 0 Å². The van der Waals surface area contributed by atoms with Gasteiger partial charge in [0.2, 0.25) is 0 Å². The second-order valence-corrected chi connectivity index (χ2v) is 21.2. The summed E-state index contributed by atoms with van der Waals surface area (Å²) in [5.74, 6) is 0. The number of hydrogen-bond acceptors (Lipinski definition) is 2. The van der Waals surface area contributed by atoms with Crippen molar-refractivity contribution in [1.29, 1.82) is 0 Å². The van der Waals surface area contributed by atoms with Crippen molar-refractivity contribution in [3.63, 3.8) is 0 Å². The van der Waals surface area contributed by atoms with E-state index in [4.69, 9.17) is 0 Å². The van der Waals surface area contributed by atoms with Gasteiger partial charge >= 0.3 is 41.9 Å². The summed E-state index contributed by atoms with van der Waals surface area (Å²) in [4.78, 5) is 9.18. The fraction of sp³-hybridized carbons (Fsp3) is 0.143. The Morgan fingerprint density at radius 1 is 0.542 bits per heavy atom.